The molecule has 4 heteroatoms. The smallest absolute Gasteiger partial charge is 0.310 e. The molecule has 0 amide bonds. The van der Waals surface area contributed by atoms with Gasteiger partial charge in [0.2, 0.25) is 0 Å². The molecule has 0 aliphatic heterocycles. The van der Waals surface area contributed by atoms with E-state index in [1.165, 1.54) is 18.4 Å². The van der Waals surface area contributed by atoms with E-state index in [0.717, 1.165) is 16.2 Å². The predicted octanol–water partition coefficient (Wildman–Crippen LogP) is 3.08. The molecule has 0 radical (unpaired) electrons. The van der Waals surface area contributed by atoms with Gasteiger partial charge in [0.15, 0.2) is 5.78 Å². The first-order valence-electron chi connectivity index (χ1n) is 5.71. The second-order valence-electron chi connectivity index (χ2n) is 4.37. The number of hydrogen-bond donors (Lipinski definition) is 0. The van der Waals surface area contributed by atoms with Crippen molar-refractivity contribution in [1.29, 1.82) is 0 Å². The highest BCUT2D eigenvalue weighted by atomic mass is 32.1. The van der Waals surface area contributed by atoms with Crippen molar-refractivity contribution in [2.45, 2.75) is 33.1 Å². The molecule has 0 aliphatic carbocycles. The Labute approximate surface area is 106 Å². The summed E-state index contributed by atoms with van der Waals surface area (Å²) in [7, 11) is 1.37. The molecule has 1 rings (SSSR count). The lowest BCUT2D eigenvalue weighted by Crippen LogP contribution is -2.02. The number of esters is 1. The Bertz CT molecular complexity index is 393. The Morgan fingerprint density at radius 1 is 1.35 bits per heavy atom. The van der Waals surface area contributed by atoms with Crippen LogP contribution in [0.2, 0.25) is 0 Å². The van der Waals surface area contributed by atoms with E-state index < -0.39 is 0 Å². The van der Waals surface area contributed by atoms with E-state index in [9.17, 15) is 9.59 Å². The predicted molar refractivity (Wildman–Crippen MR) is 68.4 cm³/mol. The molecule has 0 aliphatic rings. The lowest BCUT2D eigenvalue weighted by molar-refractivity contribution is -0.139. The first-order chi connectivity index (χ1) is 8.02. The molecular formula is C13H18O3S. The molecule has 94 valence electrons. The molecule has 0 unspecified atom stereocenters. The van der Waals surface area contributed by atoms with Crippen molar-refractivity contribution < 1.29 is 14.3 Å². The lowest BCUT2D eigenvalue weighted by atomic mass is 10.1. The van der Waals surface area contributed by atoms with Gasteiger partial charge in [0, 0.05) is 11.3 Å². The van der Waals surface area contributed by atoms with Crippen LogP contribution in [0.5, 0.6) is 0 Å². The SMILES string of the molecule is COC(=O)Cc1ccc(C(=O)CCC(C)C)s1. The summed E-state index contributed by atoms with van der Waals surface area (Å²) in [4.78, 5) is 24.5. The number of methoxy groups -OCH3 is 1. The van der Waals surface area contributed by atoms with Crippen molar-refractivity contribution in [1.82, 2.24) is 0 Å². The zero-order valence-electron chi connectivity index (χ0n) is 10.5. The fourth-order valence-corrected chi connectivity index (χ4v) is 2.34. The summed E-state index contributed by atoms with van der Waals surface area (Å²) in [6, 6.07) is 3.62. The lowest BCUT2D eigenvalue weighted by Gasteiger charge is -2.01. The van der Waals surface area contributed by atoms with Crippen LogP contribution in [0, 0.1) is 5.92 Å². The van der Waals surface area contributed by atoms with Crippen LogP contribution in [0.15, 0.2) is 12.1 Å². The van der Waals surface area contributed by atoms with Gasteiger partial charge in [0.05, 0.1) is 18.4 Å². The monoisotopic (exact) mass is 254 g/mol. The Kier molecular flexibility index (Phi) is 5.35. The van der Waals surface area contributed by atoms with E-state index in [4.69, 9.17) is 0 Å². The summed E-state index contributed by atoms with van der Waals surface area (Å²) in [5, 5.41) is 0. The van der Waals surface area contributed by atoms with Crippen LogP contribution >= 0.6 is 11.3 Å². The van der Waals surface area contributed by atoms with E-state index in [2.05, 4.69) is 18.6 Å². The molecule has 1 heterocycles. The third-order valence-corrected chi connectivity index (χ3v) is 3.56. The van der Waals surface area contributed by atoms with Gasteiger partial charge in [-0.1, -0.05) is 13.8 Å². The fourth-order valence-electron chi connectivity index (χ4n) is 1.38. The molecule has 0 bridgehead atoms. The first kappa shape index (κ1) is 13.9. The maximum atomic E-state index is 11.8. The highest BCUT2D eigenvalue weighted by molar-refractivity contribution is 7.14. The number of carbonyl (C=O) groups is 2. The number of ketones is 1. The van der Waals surface area contributed by atoms with Crippen LogP contribution in [0.3, 0.4) is 0 Å². The summed E-state index contributed by atoms with van der Waals surface area (Å²) >= 11 is 1.39. The molecule has 3 nitrogen and oxygen atoms in total. The standard InChI is InChI=1S/C13H18O3S/c1-9(2)4-6-11(14)12-7-5-10(17-12)8-13(15)16-3/h5,7,9H,4,6,8H2,1-3H3. The van der Waals surface area contributed by atoms with Gasteiger partial charge in [-0.15, -0.1) is 11.3 Å². The minimum absolute atomic E-state index is 0.166. The number of hydrogen-bond acceptors (Lipinski definition) is 4. The molecule has 0 atom stereocenters. The highest BCUT2D eigenvalue weighted by Crippen LogP contribution is 2.20. The van der Waals surface area contributed by atoms with E-state index in [-0.39, 0.29) is 18.2 Å². The summed E-state index contributed by atoms with van der Waals surface area (Å²) in [6.07, 6.45) is 1.73. The van der Waals surface area contributed by atoms with Crippen LogP contribution in [0.25, 0.3) is 0 Å². The van der Waals surface area contributed by atoms with Gasteiger partial charge in [0.25, 0.3) is 0 Å². The topological polar surface area (TPSA) is 43.4 Å². The number of rotatable bonds is 6. The van der Waals surface area contributed by atoms with Crippen molar-refractivity contribution in [2.75, 3.05) is 7.11 Å². The van der Waals surface area contributed by atoms with Gasteiger partial charge in [-0.25, -0.2) is 0 Å². The van der Waals surface area contributed by atoms with Crippen molar-refractivity contribution in [2.24, 2.45) is 5.92 Å². The fraction of sp³-hybridized carbons (Fsp3) is 0.538. The largest absolute Gasteiger partial charge is 0.469 e. The van der Waals surface area contributed by atoms with Crippen molar-refractivity contribution in [3.05, 3.63) is 21.9 Å². The van der Waals surface area contributed by atoms with Gasteiger partial charge in [-0.05, 0) is 24.5 Å². The second-order valence-corrected chi connectivity index (χ2v) is 5.54. The summed E-state index contributed by atoms with van der Waals surface area (Å²) < 4.78 is 4.59. The maximum Gasteiger partial charge on any atom is 0.310 e. The Morgan fingerprint density at radius 2 is 2.06 bits per heavy atom. The Morgan fingerprint density at radius 3 is 2.65 bits per heavy atom. The molecule has 1 aromatic rings. The van der Waals surface area contributed by atoms with E-state index >= 15 is 0 Å². The van der Waals surface area contributed by atoms with Gasteiger partial charge < -0.3 is 4.74 Å². The van der Waals surface area contributed by atoms with Crippen LogP contribution in [0.4, 0.5) is 0 Å². The summed E-state index contributed by atoms with van der Waals surface area (Å²) in [5.41, 5.74) is 0. The number of thiophene rings is 1. The minimum atomic E-state index is -0.270. The van der Waals surface area contributed by atoms with E-state index in [1.807, 2.05) is 6.07 Å². The molecule has 0 N–H and O–H groups in total. The van der Waals surface area contributed by atoms with Crippen LogP contribution in [-0.4, -0.2) is 18.9 Å². The Balaban J connectivity index is 2.55. The average Bonchev–Trinajstić information content (AvgIpc) is 2.74. The van der Waals surface area contributed by atoms with Gasteiger partial charge in [-0.2, -0.15) is 0 Å². The van der Waals surface area contributed by atoms with Gasteiger partial charge in [-0.3, -0.25) is 9.59 Å². The highest BCUT2D eigenvalue weighted by Gasteiger charge is 2.12. The minimum Gasteiger partial charge on any atom is -0.469 e. The van der Waals surface area contributed by atoms with Crippen molar-refractivity contribution in [3.8, 4) is 0 Å². The Hall–Kier alpha value is -1.16. The molecule has 17 heavy (non-hydrogen) atoms. The second kappa shape index (κ2) is 6.55. The zero-order valence-corrected chi connectivity index (χ0v) is 11.3. The van der Waals surface area contributed by atoms with Crippen LogP contribution in [-0.2, 0) is 16.0 Å². The van der Waals surface area contributed by atoms with E-state index in [0.29, 0.717) is 12.3 Å². The molecule has 0 saturated carbocycles. The zero-order chi connectivity index (χ0) is 12.8. The van der Waals surface area contributed by atoms with Crippen molar-refractivity contribution in [3.63, 3.8) is 0 Å². The molecule has 0 aromatic carbocycles. The third kappa shape index (κ3) is 4.69. The number of Topliss-reactive ketones (excluding diaryl/α,β-unsaturated/α-hetero) is 1. The maximum absolute atomic E-state index is 11.8. The van der Waals surface area contributed by atoms with Crippen LogP contribution < -0.4 is 0 Å². The van der Waals surface area contributed by atoms with Gasteiger partial charge >= 0.3 is 5.97 Å². The van der Waals surface area contributed by atoms with Gasteiger partial charge in [0.1, 0.15) is 0 Å². The quantitative estimate of drug-likeness (QED) is 0.579. The van der Waals surface area contributed by atoms with Crippen LogP contribution in [0.1, 0.15) is 41.2 Å². The molecule has 0 fully saturated rings. The molecule has 0 saturated heterocycles. The summed E-state index contributed by atoms with van der Waals surface area (Å²) in [5.74, 6) is 0.432. The third-order valence-electron chi connectivity index (χ3n) is 2.43. The number of carbonyl (C=O) groups excluding carboxylic acids is 2. The molecule has 0 spiro atoms. The molecule has 1 aromatic heterocycles. The average molecular weight is 254 g/mol. The first-order valence-corrected chi connectivity index (χ1v) is 6.53. The van der Waals surface area contributed by atoms with E-state index in [1.54, 1.807) is 6.07 Å². The number of ether oxygens (including phenoxy) is 1. The summed E-state index contributed by atoms with van der Waals surface area (Å²) in [6.45, 7) is 4.20. The normalized spacial score (nSPS) is 10.6. The van der Waals surface area contributed by atoms with Crippen molar-refractivity contribution >= 4 is 23.1 Å². The molecular weight excluding hydrogens is 236 g/mol.